The minimum Gasteiger partial charge on any atom is -0.454 e. The van der Waals surface area contributed by atoms with Gasteiger partial charge in [-0.05, 0) is 29.8 Å². The molecule has 0 saturated carbocycles. The number of nitrogens with one attached hydrogen (secondary N) is 1. The zero-order valence-electron chi connectivity index (χ0n) is 13.2. The normalized spacial score (nSPS) is 12.2. The number of ether oxygens (including phenoxy) is 2. The zero-order chi connectivity index (χ0) is 17.2. The third kappa shape index (κ3) is 2.99. The van der Waals surface area contributed by atoms with E-state index >= 15 is 0 Å². The molecule has 0 atom stereocenters. The molecule has 7 nitrogen and oxygen atoms in total. The third-order valence-corrected chi connectivity index (χ3v) is 3.82. The van der Waals surface area contributed by atoms with Gasteiger partial charge in [-0.2, -0.15) is 0 Å². The summed E-state index contributed by atoms with van der Waals surface area (Å²) in [4.78, 5) is 16.5. The molecule has 0 saturated heterocycles. The van der Waals surface area contributed by atoms with E-state index in [1.807, 2.05) is 30.3 Å². The molecule has 0 fully saturated rings. The molecule has 0 bridgehead atoms. The zero-order valence-corrected chi connectivity index (χ0v) is 13.2. The second-order valence-corrected chi connectivity index (χ2v) is 5.50. The Morgan fingerprint density at radius 3 is 2.88 bits per heavy atom. The lowest BCUT2D eigenvalue weighted by Gasteiger charge is -2.04. The number of amides is 1. The Labute approximate surface area is 143 Å². The van der Waals surface area contributed by atoms with Crippen molar-refractivity contribution in [2.24, 2.45) is 0 Å². The number of hydrogen-bond acceptors (Lipinski definition) is 6. The van der Waals surface area contributed by atoms with Gasteiger partial charge in [0, 0.05) is 12.2 Å². The molecule has 1 amide bonds. The molecule has 1 aliphatic heterocycles. The molecular formula is C18H15N3O4. The van der Waals surface area contributed by atoms with Gasteiger partial charge in [0.05, 0.1) is 5.56 Å². The molecule has 0 spiro atoms. The van der Waals surface area contributed by atoms with E-state index in [1.54, 1.807) is 12.1 Å². The number of oxazole rings is 1. The molecule has 1 aliphatic rings. The van der Waals surface area contributed by atoms with Crippen molar-refractivity contribution in [1.82, 2.24) is 10.3 Å². The van der Waals surface area contributed by atoms with Crippen LogP contribution in [0.3, 0.4) is 0 Å². The van der Waals surface area contributed by atoms with Crippen molar-refractivity contribution < 1.29 is 18.7 Å². The molecule has 0 unspecified atom stereocenters. The maximum absolute atomic E-state index is 12.3. The van der Waals surface area contributed by atoms with Crippen LogP contribution in [0.25, 0.3) is 11.5 Å². The summed E-state index contributed by atoms with van der Waals surface area (Å²) >= 11 is 0. The van der Waals surface area contributed by atoms with E-state index in [2.05, 4.69) is 10.3 Å². The molecule has 25 heavy (non-hydrogen) atoms. The molecule has 3 N–H and O–H groups in total. The van der Waals surface area contributed by atoms with Crippen LogP contribution in [0.5, 0.6) is 11.5 Å². The van der Waals surface area contributed by atoms with Gasteiger partial charge in [0.1, 0.15) is 6.26 Å². The van der Waals surface area contributed by atoms with E-state index in [0.717, 1.165) is 5.56 Å². The quantitative estimate of drug-likeness (QED) is 0.710. The highest BCUT2D eigenvalue weighted by Gasteiger charge is 2.16. The van der Waals surface area contributed by atoms with E-state index < -0.39 is 0 Å². The number of anilines is 1. The number of fused-ring (bicyclic) bond motifs is 1. The predicted octanol–water partition coefficient (Wildman–Crippen LogP) is 2.58. The molecule has 0 aliphatic carbocycles. The maximum Gasteiger partial charge on any atom is 0.273 e. The van der Waals surface area contributed by atoms with E-state index in [0.29, 0.717) is 35.2 Å². The van der Waals surface area contributed by atoms with Crippen molar-refractivity contribution in [1.29, 1.82) is 0 Å². The van der Waals surface area contributed by atoms with E-state index in [-0.39, 0.29) is 18.4 Å². The third-order valence-electron chi connectivity index (χ3n) is 3.82. The summed E-state index contributed by atoms with van der Waals surface area (Å²) in [6.45, 7) is 0.556. The van der Waals surface area contributed by atoms with E-state index in [1.165, 1.54) is 6.26 Å². The second-order valence-electron chi connectivity index (χ2n) is 5.50. The second kappa shape index (κ2) is 6.20. The van der Waals surface area contributed by atoms with Gasteiger partial charge in [0.15, 0.2) is 17.2 Å². The number of aromatic nitrogens is 1. The van der Waals surface area contributed by atoms with Gasteiger partial charge >= 0.3 is 0 Å². The fourth-order valence-corrected chi connectivity index (χ4v) is 2.52. The van der Waals surface area contributed by atoms with E-state index in [9.17, 15) is 4.79 Å². The number of carbonyl (C=O) groups excluding carboxylic acids is 1. The molecule has 1 aromatic heterocycles. The lowest BCUT2D eigenvalue weighted by Crippen LogP contribution is -2.23. The number of para-hydroxylation sites is 1. The first-order valence-electron chi connectivity index (χ1n) is 7.68. The first kappa shape index (κ1) is 15.1. The van der Waals surface area contributed by atoms with Crippen LogP contribution in [-0.2, 0) is 6.54 Å². The minimum atomic E-state index is -0.331. The summed E-state index contributed by atoms with van der Waals surface area (Å²) in [6.07, 6.45) is 1.32. The lowest BCUT2D eigenvalue weighted by molar-refractivity contribution is 0.0946. The van der Waals surface area contributed by atoms with E-state index in [4.69, 9.17) is 19.6 Å². The number of hydrogen-bond donors (Lipinski definition) is 2. The number of carbonyl (C=O) groups is 1. The molecule has 7 heteroatoms. The number of nitrogen functional groups attached to an aromatic ring is 1. The lowest BCUT2D eigenvalue weighted by atomic mass is 10.2. The smallest absolute Gasteiger partial charge is 0.273 e. The molecule has 0 radical (unpaired) electrons. The Hall–Kier alpha value is -3.48. The monoisotopic (exact) mass is 337 g/mol. The van der Waals surface area contributed by atoms with Crippen LogP contribution in [-0.4, -0.2) is 17.7 Å². The van der Waals surface area contributed by atoms with Crippen LogP contribution in [0.1, 0.15) is 16.1 Å². The topological polar surface area (TPSA) is 99.6 Å². The van der Waals surface area contributed by atoms with Crippen molar-refractivity contribution in [3.8, 4) is 23.0 Å². The number of rotatable bonds is 4. The van der Waals surface area contributed by atoms with Crippen LogP contribution in [0.4, 0.5) is 5.69 Å². The van der Waals surface area contributed by atoms with Crippen molar-refractivity contribution in [3.63, 3.8) is 0 Å². The SMILES string of the molecule is Nc1ccccc1-c1nc(C(=O)NCc2ccc3c(c2)OCO3)co1. The Balaban J connectivity index is 1.44. The molecular weight excluding hydrogens is 322 g/mol. The van der Waals surface area contributed by atoms with Crippen LogP contribution in [0.15, 0.2) is 53.1 Å². The molecule has 2 aromatic carbocycles. The van der Waals surface area contributed by atoms with Gasteiger partial charge in [0.25, 0.3) is 5.91 Å². The van der Waals surface area contributed by atoms with Gasteiger partial charge in [-0.25, -0.2) is 4.98 Å². The largest absolute Gasteiger partial charge is 0.454 e. The van der Waals surface area contributed by atoms with Crippen molar-refractivity contribution in [3.05, 3.63) is 60.0 Å². The molecule has 4 rings (SSSR count). The Morgan fingerprint density at radius 2 is 2.00 bits per heavy atom. The number of benzene rings is 2. The summed E-state index contributed by atoms with van der Waals surface area (Å²) in [5.74, 6) is 1.36. The van der Waals surface area contributed by atoms with Gasteiger partial charge in [-0.3, -0.25) is 4.79 Å². The molecule has 126 valence electrons. The Bertz CT molecular complexity index is 936. The fourth-order valence-electron chi connectivity index (χ4n) is 2.52. The van der Waals surface area contributed by atoms with Gasteiger partial charge in [0.2, 0.25) is 12.7 Å². The molecule has 3 aromatic rings. The highest BCUT2D eigenvalue weighted by Crippen LogP contribution is 2.32. The summed E-state index contributed by atoms with van der Waals surface area (Å²) in [5, 5.41) is 2.80. The average molecular weight is 337 g/mol. The molecule has 2 heterocycles. The summed E-state index contributed by atoms with van der Waals surface area (Å²) < 4.78 is 16.0. The average Bonchev–Trinajstić information content (AvgIpc) is 3.29. The van der Waals surface area contributed by atoms with Crippen LogP contribution < -0.4 is 20.5 Å². The first-order chi connectivity index (χ1) is 12.2. The van der Waals surface area contributed by atoms with Gasteiger partial charge in [-0.1, -0.05) is 18.2 Å². The number of nitrogens with two attached hydrogens (primary N) is 1. The van der Waals surface area contributed by atoms with Crippen LogP contribution in [0.2, 0.25) is 0 Å². The Kier molecular flexibility index (Phi) is 3.74. The van der Waals surface area contributed by atoms with Gasteiger partial charge < -0.3 is 24.9 Å². The van der Waals surface area contributed by atoms with Crippen molar-refractivity contribution in [2.75, 3.05) is 12.5 Å². The van der Waals surface area contributed by atoms with Crippen LogP contribution >= 0.6 is 0 Å². The van der Waals surface area contributed by atoms with Crippen molar-refractivity contribution in [2.45, 2.75) is 6.54 Å². The maximum atomic E-state index is 12.3. The summed E-state index contributed by atoms with van der Waals surface area (Å²) in [6, 6.07) is 12.7. The predicted molar refractivity (Wildman–Crippen MR) is 90.1 cm³/mol. The summed E-state index contributed by atoms with van der Waals surface area (Å²) in [7, 11) is 0. The summed E-state index contributed by atoms with van der Waals surface area (Å²) in [5.41, 5.74) is 8.17. The number of nitrogens with zero attached hydrogens (tertiary/aromatic N) is 1. The first-order valence-corrected chi connectivity index (χ1v) is 7.68. The standard InChI is InChI=1S/C18H15N3O4/c19-13-4-2-1-3-12(13)18-21-14(9-23-18)17(22)20-8-11-5-6-15-16(7-11)25-10-24-15/h1-7,9H,8,10,19H2,(H,20,22). The fraction of sp³-hybridized carbons (Fsp3) is 0.111. The highest BCUT2D eigenvalue weighted by atomic mass is 16.7. The highest BCUT2D eigenvalue weighted by molar-refractivity contribution is 5.92. The van der Waals surface area contributed by atoms with Crippen molar-refractivity contribution >= 4 is 11.6 Å². The minimum absolute atomic E-state index is 0.194. The Morgan fingerprint density at radius 1 is 1.16 bits per heavy atom. The van der Waals surface area contributed by atoms with Crippen LogP contribution in [0, 0.1) is 0 Å². The van der Waals surface area contributed by atoms with Gasteiger partial charge in [-0.15, -0.1) is 0 Å².